The Labute approximate surface area is 119 Å². The van der Waals surface area contributed by atoms with E-state index in [1.807, 2.05) is 0 Å². The van der Waals surface area contributed by atoms with Gasteiger partial charge in [0.25, 0.3) is 0 Å². The first-order valence-electron chi connectivity index (χ1n) is 6.53. The Morgan fingerprint density at radius 3 is 2.55 bits per heavy atom. The van der Waals surface area contributed by atoms with Crippen LogP contribution in [0.1, 0.15) is 46.8 Å². The van der Waals surface area contributed by atoms with Crippen LogP contribution in [0.3, 0.4) is 0 Å². The molecule has 3 nitrogen and oxygen atoms in total. The van der Waals surface area contributed by atoms with Crippen molar-refractivity contribution in [1.82, 2.24) is 4.98 Å². The lowest BCUT2D eigenvalue weighted by molar-refractivity contribution is -0.137. The van der Waals surface area contributed by atoms with Crippen molar-refractivity contribution in [1.29, 1.82) is 0 Å². The summed E-state index contributed by atoms with van der Waals surface area (Å²) in [5, 5.41) is -0.987. The molecule has 1 unspecified atom stereocenters. The molecule has 0 aromatic carbocycles. The quantitative estimate of drug-likeness (QED) is 0.791. The molecule has 1 aromatic rings. The van der Waals surface area contributed by atoms with E-state index in [9.17, 15) is 18.0 Å². The number of nitrogens with zero attached hydrogens (tertiary/aromatic N) is 1. The number of ether oxygens (including phenoxy) is 1. The van der Waals surface area contributed by atoms with Crippen LogP contribution in [-0.2, 0) is 10.9 Å². The van der Waals surface area contributed by atoms with E-state index in [4.69, 9.17) is 4.74 Å². The van der Waals surface area contributed by atoms with Gasteiger partial charge in [0.15, 0.2) is 5.01 Å². The highest BCUT2D eigenvalue weighted by molar-refractivity contribution is 7.13. The molecule has 0 bridgehead atoms. The first-order valence-corrected chi connectivity index (χ1v) is 7.35. The lowest BCUT2D eigenvalue weighted by Crippen LogP contribution is -2.32. The van der Waals surface area contributed by atoms with Crippen LogP contribution in [0.15, 0.2) is 6.20 Å². The van der Waals surface area contributed by atoms with E-state index < -0.39 is 17.3 Å². The summed E-state index contributed by atoms with van der Waals surface area (Å²) in [7, 11) is 1.43. The van der Waals surface area contributed by atoms with E-state index in [0.717, 1.165) is 38.3 Å². The molecule has 1 heterocycles. The van der Waals surface area contributed by atoms with Crippen LogP contribution >= 0.6 is 11.3 Å². The Bertz CT molecular complexity index is 466. The third-order valence-corrected chi connectivity index (χ3v) is 4.64. The van der Waals surface area contributed by atoms with Gasteiger partial charge >= 0.3 is 6.18 Å². The second-order valence-electron chi connectivity index (χ2n) is 4.95. The second-order valence-corrected chi connectivity index (χ2v) is 5.98. The van der Waals surface area contributed by atoms with Gasteiger partial charge in [0, 0.05) is 13.3 Å². The maximum atomic E-state index is 12.5. The van der Waals surface area contributed by atoms with Crippen molar-refractivity contribution in [3.63, 3.8) is 0 Å². The van der Waals surface area contributed by atoms with Gasteiger partial charge < -0.3 is 4.74 Å². The molecule has 7 heteroatoms. The van der Waals surface area contributed by atoms with Gasteiger partial charge in [0.05, 0.1) is 4.88 Å². The third kappa shape index (κ3) is 3.38. The summed E-state index contributed by atoms with van der Waals surface area (Å²) in [5.41, 5.74) is 0. The number of aromatic nitrogens is 1. The van der Waals surface area contributed by atoms with Crippen LogP contribution in [-0.4, -0.2) is 24.0 Å². The van der Waals surface area contributed by atoms with Gasteiger partial charge in [-0.1, -0.05) is 19.3 Å². The van der Waals surface area contributed by atoms with E-state index >= 15 is 0 Å². The Balaban J connectivity index is 2.13. The first kappa shape index (κ1) is 15.4. The minimum atomic E-state index is -4.50. The van der Waals surface area contributed by atoms with E-state index in [1.54, 1.807) is 0 Å². The van der Waals surface area contributed by atoms with Crippen LogP contribution in [0.25, 0.3) is 0 Å². The second kappa shape index (κ2) is 6.22. The summed E-state index contributed by atoms with van der Waals surface area (Å²) < 4.78 is 42.8. The zero-order chi connectivity index (χ0) is 14.8. The molecule has 1 aromatic heterocycles. The maximum absolute atomic E-state index is 12.5. The number of methoxy groups -OCH3 is 1. The number of carbonyl (C=O) groups excluding carboxylic acids is 1. The molecule has 0 radical (unpaired) electrons. The number of hydrogen-bond donors (Lipinski definition) is 0. The fourth-order valence-electron chi connectivity index (χ4n) is 2.61. The third-order valence-electron chi connectivity index (χ3n) is 3.58. The van der Waals surface area contributed by atoms with Crippen LogP contribution in [0, 0.1) is 5.92 Å². The van der Waals surface area contributed by atoms with E-state index in [-0.39, 0.29) is 16.6 Å². The van der Waals surface area contributed by atoms with Crippen molar-refractivity contribution in [2.45, 2.75) is 44.4 Å². The van der Waals surface area contributed by atoms with Crippen molar-refractivity contribution in [2.75, 3.05) is 7.11 Å². The molecule has 112 valence electrons. The standard InChI is InChI=1S/C13H16F3NO2S/c1-19-11(8-5-3-2-4-6-8)10(18)9-7-17-12(20-9)13(14,15)16/h7-8,11H,2-6H2,1H3. The first-order chi connectivity index (χ1) is 9.43. The number of rotatable bonds is 4. The Morgan fingerprint density at radius 2 is 2.05 bits per heavy atom. The predicted octanol–water partition coefficient (Wildman–Crippen LogP) is 3.94. The fourth-order valence-corrected chi connectivity index (χ4v) is 3.36. The van der Waals surface area contributed by atoms with Crippen molar-refractivity contribution < 1.29 is 22.7 Å². The molecule has 1 fully saturated rings. The molecule has 0 saturated heterocycles. The van der Waals surface area contributed by atoms with Crippen LogP contribution < -0.4 is 0 Å². The molecule has 1 atom stereocenters. The van der Waals surface area contributed by atoms with E-state index in [1.165, 1.54) is 7.11 Å². The molecular weight excluding hydrogens is 291 g/mol. The van der Waals surface area contributed by atoms with Crippen LogP contribution in [0.4, 0.5) is 13.2 Å². The Hall–Kier alpha value is -0.950. The summed E-state index contributed by atoms with van der Waals surface area (Å²) in [6.45, 7) is 0. The number of hydrogen-bond acceptors (Lipinski definition) is 4. The largest absolute Gasteiger partial charge is 0.443 e. The van der Waals surface area contributed by atoms with Gasteiger partial charge in [-0.15, -0.1) is 11.3 Å². The number of carbonyl (C=O) groups is 1. The zero-order valence-corrected chi connectivity index (χ0v) is 11.9. The van der Waals surface area contributed by atoms with Crippen LogP contribution in [0.5, 0.6) is 0 Å². The Kier molecular flexibility index (Phi) is 4.80. The van der Waals surface area contributed by atoms with Gasteiger partial charge in [0.1, 0.15) is 6.10 Å². The van der Waals surface area contributed by atoms with Gasteiger partial charge in [-0.3, -0.25) is 4.79 Å². The lowest BCUT2D eigenvalue weighted by atomic mass is 9.83. The highest BCUT2D eigenvalue weighted by atomic mass is 32.1. The lowest BCUT2D eigenvalue weighted by Gasteiger charge is -2.27. The normalized spacial score (nSPS) is 19.0. The van der Waals surface area contributed by atoms with Crippen LogP contribution in [0.2, 0.25) is 0 Å². The zero-order valence-electron chi connectivity index (χ0n) is 11.1. The molecule has 1 saturated carbocycles. The van der Waals surface area contributed by atoms with Gasteiger partial charge in [-0.05, 0) is 18.8 Å². The predicted molar refractivity (Wildman–Crippen MR) is 68.8 cm³/mol. The summed E-state index contributed by atoms with van der Waals surface area (Å²) in [6.07, 6.45) is 0.825. The molecule has 1 aliphatic carbocycles. The average Bonchev–Trinajstić information content (AvgIpc) is 2.90. The highest BCUT2D eigenvalue weighted by Crippen LogP contribution is 2.34. The Morgan fingerprint density at radius 1 is 1.40 bits per heavy atom. The van der Waals surface area contributed by atoms with Gasteiger partial charge in [0.2, 0.25) is 5.78 Å². The molecule has 0 N–H and O–H groups in total. The van der Waals surface area contributed by atoms with Crippen molar-refractivity contribution in [2.24, 2.45) is 5.92 Å². The number of ketones is 1. The molecule has 0 spiro atoms. The topological polar surface area (TPSA) is 39.2 Å². The number of halogens is 3. The molecule has 20 heavy (non-hydrogen) atoms. The maximum Gasteiger partial charge on any atom is 0.443 e. The monoisotopic (exact) mass is 307 g/mol. The molecule has 0 aliphatic heterocycles. The molecule has 2 rings (SSSR count). The van der Waals surface area contributed by atoms with E-state index in [2.05, 4.69) is 4.98 Å². The van der Waals surface area contributed by atoms with Crippen molar-refractivity contribution in [3.8, 4) is 0 Å². The highest BCUT2D eigenvalue weighted by Gasteiger charge is 2.37. The summed E-state index contributed by atoms with van der Waals surface area (Å²) in [5.74, 6) is -0.287. The summed E-state index contributed by atoms with van der Waals surface area (Å²) in [4.78, 5) is 15.6. The molecular formula is C13H16F3NO2S. The van der Waals surface area contributed by atoms with Gasteiger partial charge in [-0.25, -0.2) is 4.98 Å². The summed E-state index contributed by atoms with van der Waals surface area (Å²) >= 11 is 0.390. The van der Waals surface area contributed by atoms with Crippen molar-refractivity contribution >= 4 is 17.1 Å². The van der Waals surface area contributed by atoms with Gasteiger partial charge in [-0.2, -0.15) is 13.2 Å². The summed E-state index contributed by atoms with van der Waals surface area (Å²) in [6, 6.07) is 0. The average molecular weight is 307 g/mol. The number of thiazole rings is 1. The number of alkyl halides is 3. The minimum absolute atomic E-state index is 0.0229. The number of Topliss-reactive ketones (excluding diaryl/α,β-unsaturated/α-hetero) is 1. The smallest absolute Gasteiger partial charge is 0.373 e. The molecule has 0 amide bonds. The molecule has 1 aliphatic rings. The minimum Gasteiger partial charge on any atom is -0.373 e. The van der Waals surface area contributed by atoms with Crippen molar-refractivity contribution in [3.05, 3.63) is 16.1 Å². The SMILES string of the molecule is COC(C(=O)c1cnc(C(F)(F)F)s1)C1CCCCC1. The van der Waals surface area contributed by atoms with E-state index in [0.29, 0.717) is 11.3 Å². The fraction of sp³-hybridized carbons (Fsp3) is 0.692.